The van der Waals surface area contributed by atoms with Gasteiger partial charge in [0.2, 0.25) is 0 Å². The number of hydrogen-bond acceptors (Lipinski definition) is 7. The van der Waals surface area contributed by atoms with E-state index in [1.54, 1.807) is 13.0 Å². The SMILES string of the molecule is CCOc1cc(/C=N\NC(=O)C(=O)NC[C@@H]2CCCO2)cc(I)c1OCC(=O)Nc1ccccc1C(F)(F)F. The van der Waals surface area contributed by atoms with Gasteiger partial charge in [-0.05, 0) is 72.2 Å². The molecule has 0 aliphatic carbocycles. The number of rotatable bonds is 10. The zero-order valence-electron chi connectivity index (χ0n) is 20.8. The largest absolute Gasteiger partial charge is 0.490 e. The molecular formula is C25H26F3IN4O6. The second-order valence-electron chi connectivity index (χ2n) is 8.19. The highest BCUT2D eigenvalue weighted by Gasteiger charge is 2.33. The van der Waals surface area contributed by atoms with Crippen molar-refractivity contribution in [3.8, 4) is 11.5 Å². The average molecular weight is 662 g/mol. The number of halogens is 4. The Balaban J connectivity index is 1.60. The summed E-state index contributed by atoms with van der Waals surface area (Å²) in [6, 6.07) is 7.77. The molecule has 0 saturated carbocycles. The molecule has 1 heterocycles. The van der Waals surface area contributed by atoms with Gasteiger partial charge in [0, 0.05) is 13.2 Å². The highest BCUT2D eigenvalue weighted by Crippen LogP contribution is 2.35. The van der Waals surface area contributed by atoms with Crippen LogP contribution in [0.5, 0.6) is 11.5 Å². The van der Waals surface area contributed by atoms with Gasteiger partial charge in [-0.25, -0.2) is 5.43 Å². The third-order valence-electron chi connectivity index (χ3n) is 5.29. The number of carbonyl (C=O) groups excluding carboxylic acids is 3. The summed E-state index contributed by atoms with van der Waals surface area (Å²) in [7, 11) is 0. The number of hydrogen-bond donors (Lipinski definition) is 3. The second-order valence-corrected chi connectivity index (χ2v) is 9.35. The predicted molar refractivity (Wildman–Crippen MR) is 144 cm³/mol. The number of ether oxygens (including phenoxy) is 3. The fraction of sp³-hybridized carbons (Fsp3) is 0.360. The lowest BCUT2D eigenvalue weighted by atomic mass is 10.1. The van der Waals surface area contributed by atoms with E-state index in [2.05, 4.69) is 21.2 Å². The molecule has 210 valence electrons. The summed E-state index contributed by atoms with van der Waals surface area (Å²) >= 11 is 1.93. The van der Waals surface area contributed by atoms with Gasteiger partial charge in [-0.15, -0.1) is 0 Å². The lowest BCUT2D eigenvalue weighted by Crippen LogP contribution is -2.41. The van der Waals surface area contributed by atoms with E-state index in [0.29, 0.717) is 15.7 Å². The first-order chi connectivity index (χ1) is 18.6. The molecule has 1 fully saturated rings. The second kappa shape index (κ2) is 14.1. The van der Waals surface area contributed by atoms with Crippen LogP contribution in [0, 0.1) is 3.57 Å². The first-order valence-corrected chi connectivity index (χ1v) is 12.9. The standard InChI is InChI=1S/C25H26F3IN4O6/c1-2-37-20-11-15(12-31-33-24(36)23(35)30-13-16-6-5-9-38-16)10-18(29)22(20)39-14-21(34)32-19-8-4-3-7-17(19)25(26,27)28/h3-4,7-8,10-12,16H,2,5-6,9,13-14H2,1H3,(H,30,35)(H,32,34)(H,33,36)/b31-12-/t16-/m0/s1. The summed E-state index contributed by atoms with van der Waals surface area (Å²) in [6.45, 7) is 2.27. The molecule has 1 atom stereocenters. The van der Waals surface area contributed by atoms with Crippen LogP contribution in [0.3, 0.4) is 0 Å². The number of amides is 3. The summed E-state index contributed by atoms with van der Waals surface area (Å²) in [5, 5.41) is 8.49. The number of nitrogens with zero attached hydrogens (tertiary/aromatic N) is 1. The van der Waals surface area contributed by atoms with Crippen molar-refractivity contribution in [1.29, 1.82) is 0 Å². The lowest BCUT2D eigenvalue weighted by Gasteiger charge is -2.16. The van der Waals surface area contributed by atoms with Crippen LogP contribution in [0.25, 0.3) is 0 Å². The van der Waals surface area contributed by atoms with Gasteiger partial charge in [0.25, 0.3) is 5.91 Å². The maximum absolute atomic E-state index is 13.2. The van der Waals surface area contributed by atoms with Gasteiger partial charge < -0.3 is 24.8 Å². The average Bonchev–Trinajstić information content (AvgIpc) is 3.40. The van der Waals surface area contributed by atoms with Crippen LogP contribution in [0.4, 0.5) is 18.9 Å². The third kappa shape index (κ3) is 9.09. The zero-order valence-corrected chi connectivity index (χ0v) is 22.9. The molecule has 3 rings (SSSR count). The van der Waals surface area contributed by atoms with Crippen LogP contribution in [-0.2, 0) is 25.3 Å². The smallest absolute Gasteiger partial charge is 0.418 e. The number of anilines is 1. The molecule has 1 aliphatic heterocycles. The molecular weight excluding hydrogens is 636 g/mol. The van der Waals surface area contributed by atoms with E-state index < -0.39 is 36.1 Å². The van der Waals surface area contributed by atoms with E-state index in [4.69, 9.17) is 14.2 Å². The molecule has 1 aliphatic rings. The van der Waals surface area contributed by atoms with Crippen molar-refractivity contribution in [1.82, 2.24) is 10.7 Å². The molecule has 3 N–H and O–H groups in total. The van der Waals surface area contributed by atoms with E-state index in [-0.39, 0.29) is 36.4 Å². The maximum atomic E-state index is 13.2. The Hall–Kier alpha value is -3.40. The van der Waals surface area contributed by atoms with E-state index in [9.17, 15) is 27.6 Å². The highest BCUT2D eigenvalue weighted by molar-refractivity contribution is 14.1. The number of alkyl halides is 3. The van der Waals surface area contributed by atoms with Crippen molar-refractivity contribution in [2.24, 2.45) is 5.10 Å². The van der Waals surface area contributed by atoms with Crippen LogP contribution < -0.4 is 25.5 Å². The van der Waals surface area contributed by atoms with Gasteiger partial charge in [0.05, 0.1) is 33.7 Å². The number of nitrogens with one attached hydrogen (secondary N) is 3. The normalized spacial score (nSPS) is 15.2. The molecule has 10 nitrogen and oxygen atoms in total. The molecule has 2 aromatic carbocycles. The Kier molecular flexibility index (Phi) is 10.9. The Morgan fingerprint density at radius 2 is 1.95 bits per heavy atom. The molecule has 39 heavy (non-hydrogen) atoms. The van der Waals surface area contributed by atoms with Gasteiger partial charge in [-0.2, -0.15) is 18.3 Å². The Bertz CT molecular complexity index is 1220. The topological polar surface area (TPSA) is 127 Å². The van der Waals surface area contributed by atoms with E-state index >= 15 is 0 Å². The van der Waals surface area contributed by atoms with Gasteiger partial charge in [-0.3, -0.25) is 14.4 Å². The monoisotopic (exact) mass is 662 g/mol. The molecule has 0 unspecified atom stereocenters. The van der Waals surface area contributed by atoms with E-state index in [1.807, 2.05) is 22.6 Å². The first-order valence-electron chi connectivity index (χ1n) is 11.9. The zero-order chi connectivity index (χ0) is 28.4. The summed E-state index contributed by atoms with van der Waals surface area (Å²) in [6.07, 6.45) is -1.72. The highest BCUT2D eigenvalue weighted by atomic mass is 127. The third-order valence-corrected chi connectivity index (χ3v) is 6.09. The van der Waals surface area contributed by atoms with Gasteiger partial charge in [0.15, 0.2) is 18.1 Å². The van der Waals surface area contributed by atoms with E-state index in [1.165, 1.54) is 24.4 Å². The van der Waals surface area contributed by atoms with Crippen molar-refractivity contribution in [3.63, 3.8) is 0 Å². The minimum atomic E-state index is -4.63. The quantitative estimate of drug-likeness (QED) is 0.155. The summed E-state index contributed by atoms with van der Waals surface area (Å²) in [4.78, 5) is 36.2. The molecule has 2 aromatic rings. The molecule has 0 spiro atoms. The minimum absolute atomic E-state index is 0.105. The summed E-state index contributed by atoms with van der Waals surface area (Å²) < 4.78 is 56.6. The molecule has 3 amide bonds. The van der Waals surface area contributed by atoms with Crippen molar-refractivity contribution in [2.75, 3.05) is 31.7 Å². The van der Waals surface area contributed by atoms with Crippen molar-refractivity contribution < 1.29 is 41.8 Å². The first kappa shape index (κ1) is 30.1. The molecule has 0 aromatic heterocycles. The van der Waals surface area contributed by atoms with Crippen LogP contribution in [0.15, 0.2) is 41.5 Å². The lowest BCUT2D eigenvalue weighted by molar-refractivity contribution is -0.139. The number of carbonyl (C=O) groups is 3. The molecule has 0 radical (unpaired) electrons. The van der Waals surface area contributed by atoms with Gasteiger partial charge >= 0.3 is 18.0 Å². The number of benzene rings is 2. The number of para-hydroxylation sites is 1. The van der Waals surface area contributed by atoms with Gasteiger partial charge in [-0.1, -0.05) is 12.1 Å². The Morgan fingerprint density at radius 3 is 2.64 bits per heavy atom. The Labute approximate surface area is 235 Å². The molecule has 0 bridgehead atoms. The fourth-order valence-electron chi connectivity index (χ4n) is 3.54. The van der Waals surface area contributed by atoms with Crippen LogP contribution in [-0.4, -0.2) is 56.4 Å². The molecule has 14 heteroatoms. The minimum Gasteiger partial charge on any atom is -0.490 e. The van der Waals surface area contributed by atoms with E-state index in [0.717, 1.165) is 25.0 Å². The fourth-order valence-corrected chi connectivity index (χ4v) is 4.32. The van der Waals surface area contributed by atoms with Crippen LogP contribution in [0.2, 0.25) is 0 Å². The van der Waals surface area contributed by atoms with Crippen molar-refractivity contribution in [2.45, 2.75) is 32.0 Å². The van der Waals surface area contributed by atoms with Crippen LogP contribution in [0.1, 0.15) is 30.9 Å². The Morgan fingerprint density at radius 1 is 1.18 bits per heavy atom. The van der Waals surface area contributed by atoms with Crippen molar-refractivity contribution >= 4 is 52.2 Å². The van der Waals surface area contributed by atoms with Crippen molar-refractivity contribution in [3.05, 3.63) is 51.1 Å². The van der Waals surface area contributed by atoms with Gasteiger partial charge in [0.1, 0.15) is 0 Å². The summed E-state index contributed by atoms with van der Waals surface area (Å²) in [5.74, 6) is -2.13. The summed E-state index contributed by atoms with van der Waals surface area (Å²) in [5.41, 5.74) is 1.27. The number of hydrazone groups is 1. The maximum Gasteiger partial charge on any atom is 0.418 e. The van der Waals surface area contributed by atoms with Crippen LogP contribution >= 0.6 is 22.6 Å². The molecule has 1 saturated heterocycles. The predicted octanol–water partition coefficient (Wildman–Crippen LogP) is 3.47.